The smallest absolute Gasteiger partial charge is 0.163 e. The van der Waals surface area contributed by atoms with E-state index in [2.05, 4.69) is 137 Å². The molecule has 3 aromatic heterocycles. The molecule has 0 spiro atoms. The third-order valence-corrected chi connectivity index (χ3v) is 16.5. The third kappa shape index (κ3) is 5.43. The molecule has 0 amide bonds. The van der Waals surface area contributed by atoms with Crippen LogP contribution in [0.25, 0.3) is 66.4 Å². The molecule has 8 aliphatic rings. The lowest BCUT2D eigenvalue weighted by Gasteiger charge is -2.57. The van der Waals surface area contributed by atoms with Crippen LogP contribution in [0, 0.1) is 47.9 Å². The first-order valence-electron chi connectivity index (χ1n) is 23.2. The highest BCUT2D eigenvalue weighted by Gasteiger charge is 2.56. The van der Waals surface area contributed by atoms with E-state index < -0.39 is 0 Å². The van der Waals surface area contributed by atoms with Crippen molar-refractivity contribution in [1.82, 2.24) is 24.1 Å². The first kappa shape index (κ1) is 36.0. The lowest BCUT2D eigenvalue weighted by molar-refractivity contribution is -0.0155. The number of nitrogens with zero attached hydrogens (tertiary/aromatic N) is 5. The summed E-state index contributed by atoms with van der Waals surface area (Å²) in [5.41, 5.74) is 8.57. The summed E-state index contributed by atoms with van der Waals surface area (Å²) in [7, 11) is 0. The van der Waals surface area contributed by atoms with E-state index in [4.69, 9.17) is 15.0 Å². The topological polar surface area (TPSA) is 48.5 Å². The molecule has 0 atom stereocenters. The molecule has 302 valence electrons. The fraction of sp³-hybridized carbons (Fsp3) is 0.375. The van der Waals surface area contributed by atoms with Crippen molar-refractivity contribution < 1.29 is 0 Å². The summed E-state index contributed by atoms with van der Waals surface area (Å²) < 4.78 is 5.00. The third-order valence-electron chi connectivity index (χ3n) is 16.5. The predicted molar refractivity (Wildman–Crippen MR) is 248 cm³/mol. The molecule has 5 heteroatoms. The molecule has 0 N–H and O–H groups in total. The summed E-state index contributed by atoms with van der Waals surface area (Å²) in [6.07, 6.45) is 20.8. The van der Waals surface area contributed by atoms with Gasteiger partial charge in [-0.25, -0.2) is 15.0 Å². The van der Waals surface area contributed by atoms with E-state index in [0.29, 0.717) is 0 Å². The van der Waals surface area contributed by atoms with Gasteiger partial charge in [0.2, 0.25) is 0 Å². The highest BCUT2D eigenvalue weighted by molar-refractivity contribution is 6.23. The maximum Gasteiger partial charge on any atom is 0.163 e. The fourth-order valence-electron chi connectivity index (χ4n) is 15.1. The van der Waals surface area contributed by atoms with Gasteiger partial charge in [0.15, 0.2) is 5.82 Å². The molecule has 8 aliphatic carbocycles. The van der Waals surface area contributed by atoms with Crippen LogP contribution in [0.1, 0.15) is 95.6 Å². The van der Waals surface area contributed by atoms with E-state index >= 15 is 0 Å². The summed E-state index contributed by atoms with van der Waals surface area (Å²) >= 11 is 0. The van der Waals surface area contributed by atoms with Crippen LogP contribution in [0.15, 0.2) is 115 Å². The number of hydrogen-bond acceptors (Lipinski definition) is 3. The monoisotopic (exact) mass is 795 g/mol. The van der Waals surface area contributed by atoms with Crippen LogP contribution >= 0.6 is 0 Å². The fourth-order valence-corrected chi connectivity index (χ4v) is 15.1. The summed E-state index contributed by atoms with van der Waals surface area (Å²) in [5.74, 6) is 10.5. The van der Waals surface area contributed by atoms with Gasteiger partial charge < -0.3 is 9.13 Å². The Balaban J connectivity index is 0.00000124. The van der Waals surface area contributed by atoms with E-state index in [1.54, 1.807) is 6.92 Å². The van der Waals surface area contributed by atoms with Crippen molar-refractivity contribution in [3.05, 3.63) is 127 Å². The van der Waals surface area contributed by atoms with Crippen molar-refractivity contribution in [3.63, 3.8) is 0 Å². The van der Waals surface area contributed by atoms with Crippen molar-refractivity contribution in [2.24, 2.45) is 35.5 Å². The van der Waals surface area contributed by atoms with E-state index in [-0.39, 0.29) is 10.8 Å². The molecule has 61 heavy (non-hydrogen) atoms. The number of fused-ring (bicyclic) bond motifs is 7. The molecular formula is C56H53N5. The summed E-state index contributed by atoms with van der Waals surface area (Å²) in [5, 5.41) is 5.07. The van der Waals surface area contributed by atoms with Crippen LogP contribution in [0.4, 0.5) is 0 Å². The first-order valence-corrected chi connectivity index (χ1v) is 23.2. The molecule has 8 saturated carbocycles. The number of benzene rings is 5. The SMILES string of the molecule is C#CC.c1ccc(-n2c3ccccc3c3ccc4c5ccccc5n(-c5cccc(-c6nc(C78CC9CC(CC(C9)C7)C8)nc(C78CC9CC(CC(C9)C7)C8)n6)c5)c4c32)cc1. The molecule has 3 heterocycles. The number of hydrogen-bond donors (Lipinski definition) is 0. The van der Waals surface area contributed by atoms with Crippen LogP contribution in [0.3, 0.4) is 0 Å². The van der Waals surface area contributed by atoms with Gasteiger partial charge in [0.1, 0.15) is 11.6 Å². The largest absolute Gasteiger partial charge is 0.307 e. The predicted octanol–water partition coefficient (Wildman–Crippen LogP) is 13.3. The molecule has 0 aliphatic heterocycles. The van der Waals surface area contributed by atoms with Gasteiger partial charge in [-0.15, -0.1) is 12.3 Å². The Morgan fingerprint density at radius 2 is 0.885 bits per heavy atom. The Bertz CT molecular complexity index is 2950. The van der Waals surface area contributed by atoms with Crippen molar-refractivity contribution in [2.75, 3.05) is 0 Å². The van der Waals surface area contributed by atoms with Gasteiger partial charge in [-0.05, 0) is 156 Å². The number of terminal acetylenes is 1. The molecule has 0 unspecified atom stereocenters. The summed E-state index contributed by atoms with van der Waals surface area (Å²) in [4.78, 5) is 17.1. The highest BCUT2D eigenvalue weighted by atomic mass is 15.1. The van der Waals surface area contributed by atoms with Gasteiger partial charge in [-0.2, -0.15) is 0 Å². The van der Waals surface area contributed by atoms with Crippen LogP contribution < -0.4 is 0 Å². The van der Waals surface area contributed by atoms with Crippen molar-refractivity contribution in [1.29, 1.82) is 0 Å². The van der Waals surface area contributed by atoms with E-state index in [0.717, 1.165) is 64.2 Å². The van der Waals surface area contributed by atoms with Crippen LogP contribution in [-0.2, 0) is 10.8 Å². The van der Waals surface area contributed by atoms with E-state index in [1.165, 1.54) is 126 Å². The van der Waals surface area contributed by atoms with Gasteiger partial charge in [0.05, 0.1) is 22.1 Å². The molecule has 5 nitrogen and oxygen atoms in total. The Morgan fingerprint density at radius 1 is 0.475 bits per heavy atom. The van der Waals surface area contributed by atoms with E-state index in [1.807, 2.05) is 0 Å². The van der Waals surface area contributed by atoms with Gasteiger partial charge in [0.25, 0.3) is 0 Å². The average Bonchev–Trinajstić information content (AvgIpc) is 3.79. The molecule has 0 radical (unpaired) electrons. The van der Waals surface area contributed by atoms with Gasteiger partial charge in [-0.3, -0.25) is 0 Å². The zero-order valence-corrected chi connectivity index (χ0v) is 35.2. The molecule has 16 rings (SSSR count). The molecular weight excluding hydrogens is 743 g/mol. The number of rotatable bonds is 5. The molecule has 8 aromatic rings. The Kier molecular flexibility index (Phi) is 7.89. The van der Waals surface area contributed by atoms with Crippen LogP contribution in [-0.4, -0.2) is 24.1 Å². The van der Waals surface area contributed by atoms with Crippen molar-refractivity contribution in [3.8, 4) is 35.1 Å². The normalized spacial score (nSPS) is 29.4. The second-order valence-electron chi connectivity index (χ2n) is 20.4. The second kappa shape index (κ2) is 13.4. The Labute approximate surface area is 358 Å². The molecule has 5 aromatic carbocycles. The highest BCUT2D eigenvalue weighted by Crippen LogP contribution is 2.62. The quantitative estimate of drug-likeness (QED) is 0.163. The Hall–Kier alpha value is -5.73. The standard InChI is InChI=1S/C53H49N5.C3H4/c1-2-10-39(11-3-1)57-45-15-6-4-13-41(45)43-17-18-44-42-14-5-7-16-46(42)58(48(44)47(43)57)40-12-8-9-38(25-40)49-54-50(52-26-32-19-33(27-52)21-34(20-32)28-52)56-51(55-49)53-29-35-22-36(30-53)24-37(23-35)31-53;1-3-2/h1-18,25,32-37H,19-24,26-31H2;1H,2H3. The van der Waals surface area contributed by atoms with Gasteiger partial charge >= 0.3 is 0 Å². The van der Waals surface area contributed by atoms with E-state index in [9.17, 15) is 0 Å². The van der Waals surface area contributed by atoms with Crippen molar-refractivity contribution in [2.45, 2.75) is 94.8 Å². The van der Waals surface area contributed by atoms with Gasteiger partial charge in [-0.1, -0.05) is 78.9 Å². The average molecular weight is 796 g/mol. The molecule has 8 fully saturated rings. The lowest BCUT2D eigenvalue weighted by Crippen LogP contribution is -2.51. The molecule has 8 bridgehead atoms. The maximum absolute atomic E-state index is 5.76. The number of aromatic nitrogens is 5. The lowest BCUT2D eigenvalue weighted by atomic mass is 9.49. The van der Waals surface area contributed by atoms with Crippen molar-refractivity contribution >= 4 is 43.6 Å². The summed E-state index contributed by atoms with van der Waals surface area (Å²) in [6, 6.07) is 42.6. The maximum atomic E-state index is 5.76. The van der Waals surface area contributed by atoms with Gasteiger partial charge in [0, 0.05) is 49.3 Å². The minimum Gasteiger partial charge on any atom is -0.307 e. The molecule has 0 saturated heterocycles. The first-order chi connectivity index (χ1) is 30.0. The van der Waals surface area contributed by atoms with Crippen LogP contribution in [0.2, 0.25) is 0 Å². The minimum absolute atomic E-state index is 0.115. The zero-order chi connectivity index (χ0) is 40.5. The van der Waals surface area contributed by atoms with Crippen LogP contribution in [0.5, 0.6) is 0 Å². The number of para-hydroxylation sites is 3. The minimum atomic E-state index is 0.115. The second-order valence-corrected chi connectivity index (χ2v) is 20.4. The zero-order valence-electron chi connectivity index (χ0n) is 35.2. The Morgan fingerprint density at radius 3 is 1.36 bits per heavy atom. The summed E-state index contributed by atoms with van der Waals surface area (Å²) in [6.45, 7) is 1.65.